The fraction of sp³-hybridized carbons (Fsp3) is 0.371. The van der Waals surface area contributed by atoms with E-state index in [4.69, 9.17) is 24.1 Å². The summed E-state index contributed by atoms with van der Waals surface area (Å²) in [4.78, 5) is 8.37. The van der Waals surface area contributed by atoms with E-state index in [-0.39, 0.29) is 19.7 Å². The molecule has 5 rings (SSSR count). The summed E-state index contributed by atoms with van der Waals surface area (Å²) >= 11 is 0. The molecule has 47 heavy (non-hydrogen) atoms. The molecule has 4 atom stereocenters. The number of hydrogen-bond acceptors (Lipinski definition) is 12. The molecular weight excluding hydrogens is 606 g/mol. The summed E-state index contributed by atoms with van der Waals surface area (Å²) in [7, 11) is 0. The Morgan fingerprint density at radius 1 is 0.830 bits per heavy atom. The van der Waals surface area contributed by atoms with Crippen molar-refractivity contribution in [2.75, 3.05) is 26.4 Å². The third-order valence-electron chi connectivity index (χ3n) is 8.03. The zero-order valence-corrected chi connectivity index (χ0v) is 26.4. The van der Waals surface area contributed by atoms with Crippen molar-refractivity contribution in [2.45, 2.75) is 58.0 Å². The molecule has 250 valence electrons. The molecule has 2 heterocycles. The maximum Gasteiger partial charge on any atom is 0.161 e. The van der Waals surface area contributed by atoms with Crippen molar-refractivity contribution in [3.8, 4) is 34.1 Å². The predicted molar refractivity (Wildman–Crippen MR) is 172 cm³/mol. The molecule has 1 aliphatic heterocycles. The van der Waals surface area contributed by atoms with Gasteiger partial charge >= 0.3 is 0 Å². The molecule has 0 spiro atoms. The maximum absolute atomic E-state index is 10.3. The van der Waals surface area contributed by atoms with E-state index in [0.29, 0.717) is 37.0 Å². The Balaban J connectivity index is 1.31. The van der Waals surface area contributed by atoms with Crippen LogP contribution in [0.5, 0.6) is 23.0 Å². The van der Waals surface area contributed by atoms with E-state index >= 15 is 0 Å². The van der Waals surface area contributed by atoms with Gasteiger partial charge in [0.25, 0.3) is 0 Å². The maximum atomic E-state index is 10.3. The summed E-state index contributed by atoms with van der Waals surface area (Å²) in [5, 5.41) is 52.1. The highest BCUT2D eigenvalue weighted by molar-refractivity contribution is 5.71. The van der Waals surface area contributed by atoms with Crippen molar-refractivity contribution in [3.05, 3.63) is 95.1 Å². The Labute approximate surface area is 273 Å². The highest BCUT2D eigenvalue weighted by Gasteiger charge is 2.29. The van der Waals surface area contributed by atoms with E-state index in [1.165, 1.54) is 0 Å². The summed E-state index contributed by atoms with van der Waals surface area (Å²) < 4.78 is 24.0. The molecule has 3 aromatic carbocycles. The summed E-state index contributed by atoms with van der Waals surface area (Å²) in [5.74, 6) is 2.63. The third kappa shape index (κ3) is 8.55. The molecule has 12 heteroatoms. The molecule has 0 saturated heterocycles. The van der Waals surface area contributed by atoms with Crippen LogP contribution in [0.2, 0.25) is 0 Å². The number of hydrogen-bond donors (Lipinski definition) is 6. The lowest BCUT2D eigenvalue weighted by Crippen LogP contribution is -2.48. The van der Waals surface area contributed by atoms with E-state index in [9.17, 15) is 20.4 Å². The average Bonchev–Trinajstić information content (AvgIpc) is 3.10. The van der Waals surface area contributed by atoms with Crippen LogP contribution in [0.15, 0.2) is 67.1 Å². The lowest BCUT2D eigenvalue weighted by molar-refractivity contribution is -0.114. The van der Waals surface area contributed by atoms with Crippen molar-refractivity contribution in [3.63, 3.8) is 0 Å². The zero-order valence-electron chi connectivity index (χ0n) is 26.4. The quantitative estimate of drug-likeness (QED) is 0.111. The lowest BCUT2D eigenvalue weighted by atomic mass is 9.96. The first-order chi connectivity index (χ1) is 22.7. The molecule has 1 aliphatic rings. The van der Waals surface area contributed by atoms with E-state index in [2.05, 4.69) is 28.3 Å². The van der Waals surface area contributed by atoms with Crippen molar-refractivity contribution in [1.82, 2.24) is 15.3 Å². The number of aliphatic hydroxyl groups excluding tert-OH is 5. The van der Waals surface area contributed by atoms with Crippen LogP contribution in [-0.4, -0.2) is 86.3 Å². The molecule has 0 radical (unpaired) electrons. The van der Waals surface area contributed by atoms with Gasteiger partial charge in [-0.25, -0.2) is 0 Å². The Kier molecular flexibility index (Phi) is 11.6. The minimum absolute atomic E-state index is 0.101. The van der Waals surface area contributed by atoms with Crippen LogP contribution < -0.4 is 24.3 Å². The Bertz CT molecular complexity index is 1620. The van der Waals surface area contributed by atoms with Gasteiger partial charge in [0.05, 0.1) is 24.6 Å². The number of fused-ring (bicyclic) bond motifs is 1. The van der Waals surface area contributed by atoms with Crippen LogP contribution >= 0.6 is 0 Å². The molecule has 0 bridgehead atoms. The predicted octanol–water partition coefficient (Wildman–Crippen LogP) is 2.22. The second kappa shape index (κ2) is 16.0. The van der Waals surface area contributed by atoms with Gasteiger partial charge in [-0.1, -0.05) is 24.3 Å². The minimum atomic E-state index is -1.70. The van der Waals surface area contributed by atoms with E-state index < -0.39 is 31.0 Å². The largest absolute Gasteiger partial charge is 0.488 e. The number of aliphatic hydroxyl groups is 5. The molecular formula is C35H41N3O9. The van der Waals surface area contributed by atoms with Crippen molar-refractivity contribution in [2.24, 2.45) is 0 Å². The summed E-state index contributed by atoms with van der Waals surface area (Å²) in [6.45, 7) is 4.93. The van der Waals surface area contributed by atoms with Crippen molar-refractivity contribution < 1.29 is 44.5 Å². The normalized spacial score (nSPS) is 15.0. The third-order valence-corrected chi connectivity index (χ3v) is 8.03. The zero-order chi connectivity index (χ0) is 33.3. The Hall–Kier alpha value is -4.30. The van der Waals surface area contributed by atoms with Gasteiger partial charge < -0.3 is 49.8 Å². The number of nitrogens with zero attached hydrogens (tertiary/aromatic N) is 2. The van der Waals surface area contributed by atoms with Crippen LogP contribution in [0.3, 0.4) is 0 Å². The average molecular weight is 648 g/mol. The Morgan fingerprint density at radius 3 is 2.36 bits per heavy atom. The van der Waals surface area contributed by atoms with Gasteiger partial charge in [0, 0.05) is 37.1 Å². The minimum Gasteiger partial charge on any atom is -0.488 e. The topological polar surface area (TPSA) is 176 Å². The van der Waals surface area contributed by atoms with Gasteiger partial charge in [-0.05, 0) is 59.9 Å². The van der Waals surface area contributed by atoms with Crippen molar-refractivity contribution >= 4 is 0 Å². The number of aromatic nitrogens is 2. The van der Waals surface area contributed by atoms with Crippen LogP contribution in [0, 0.1) is 13.8 Å². The van der Waals surface area contributed by atoms with Crippen LogP contribution in [0.1, 0.15) is 27.9 Å². The van der Waals surface area contributed by atoms with Gasteiger partial charge in [0.15, 0.2) is 11.5 Å². The molecule has 1 aromatic heterocycles. The fourth-order valence-electron chi connectivity index (χ4n) is 5.27. The smallest absolute Gasteiger partial charge is 0.161 e. The first-order valence-corrected chi connectivity index (χ1v) is 15.4. The number of ether oxygens (including phenoxy) is 4. The van der Waals surface area contributed by atoms with Gasteiger partial charge in [-0.15, -0.1) is 0 Å². The molecule has 0 amide bonds. The van der Waals surface area contributed by atoms with Gasteiger partial charge in [-0.3, -0.25) is 9.97 Å². The van der Waals surface area contributed by atoms with Crippen LogP contribution in [-0.2, 0) is 19.8 Å². The number of nitrogens with one attached hydrogen (secondary N) is 1. The second-order valence-electron chi connectivity index (χ2n) is 11.4. The summed E-state index contributed by atoms with van der Waals surface area (Å²) in [6, 6.07) is 15.8. The highest BCUT2D eigenvalue weighted by atomic mass is 16.6. The molecule has 0 aliphatic carbocycles. The second-order valence-corrected chi connectivity index (χ2v) is 11.4. The standard InChI is InChI=1S/C35H41N3O9/c1-21-12-25(15-37-17-28(40)34(42)35(43)29(41)18-39)32(47-20-26-16-36-8-9-38-26)14-31(21)46-19-24-4-3-5-27(22(24)2)23-6-7-30-33(13-23)45-11-10-44-30/h3-9,12-14,16,28-29,34-35,37,39-43H,10-11,15,17-20H2,1-2H3/t28-,29+,34+,35+/m0/s1. The van der Waals surface area contributed by atoms with Gasteiger partial charge in [0.1, 0.15) is 56.2 Å². The van der Waals surface area contributed by atoms with Crippen molar-refractivity contribution in [1.29, 1.82) is 0 Å². The van der Waals surface area contributed by atoms with E-state index in [1.807, 2.05) is 49.4 Å². The molecule has 0 saturated carbocycles. The molecule has 0 fully saturated rings. The molecule has 4 aromatic rings. The number of aryl methyl sites for hydroxylation is 1. The molecule has 12 nitrogen and oxygen atoms in total. The molecule has 6 N–H and O–H groups in total. The first kappa shape index (κ1) is 34.0. The first-order valence-electron chi connectivity index (χ1n) is 15.4. The fourth-order valence-corrected chi connectivity index (χ4v) is 5.27. The number of rotatable bonds is 15. The Morgan fingerprint density at radius 2 is 1.60 bits per heavy atom. The number of benzene rings is 3. The van der Waals surface area contributed by atoms with E-state index in [0.717, 1.165) is 44.9 Å². The van der Waals surface area contributed by atoms with E-state index in [1.54, 1.807) is 18.6 Å². The monoisotopic (exact) mass is 647 g/mol. The molecule has 0 unspecified atom stereocenters. The SMILES string of the molecule is Cc1cc(CNC[C@H](O)[C@@H](O)[C@H](O)[C@H](O)CO)c(OCc2cnccn2)cc1OCc1cccc(-c2ccc3c(c2)OCCO3)c1C. The van der Waals surface area contributed by atoms with Crippen LogP contribution in [0.4, 0.5) is 0 Å². The lowest BCUT2D eigenvalue weighted by Gasteiger charge is -2.26. The van der Waals surface area contributed by atoms with Gasteiger partial charge in [0.2, 0.25) is 0 Å². The van der Waals surface area contributed by atoms with Crippen LogP contribution in [0.25, 0.3) is 11.1 Å². The highest BCUT2D eigenvalue weighted by Crippen LogP contribution is 2.36. The van der Waals surface area contributed by atoms with Gasteiger partial charge in [-0.2, -0.15) is 0 Å². The summed E-state index contributed by atoms with van der Waals surface area (Å²) in [5.41, 5.74) is 6.45. The summed E-state index contributed by atoms with van der Waals surface area (Å²) in [6.07, 6.45) is -1.56.